The molecule has 96 valence electrons. The summed E-state index contributed by atoms with van der Waals surface area (Å²) in [5, 5.41) is 3.54. The van der Waals surface area contributed by atoms with E-state index in [1.807, 2.05) is 0 Å². The van der Waals surface area contributed by atoms with Gasteiger partial charge in [-0.25, -0.2) is 0 Å². The Morgan fingerprint density at radius 2 is 2.00 bits per heavy atom. The molecular formula is C10H12ClF3N2O. The van der Waals surface area contributed by atoms with Gasteiger partial charge in [0.1, 0.15) is 0 Å². The van der Waals surface area contributed by atoms with Gasteiger partial charge in [0.05, 0.1) is 11.8 Å². The Hall–Kier alpha value is -0.780. The molecule has 1 aromatic heterocycles. The summed E-state index contributed by atoms with van der Waals surface area (Å²) in [6.07, 6.45) is -2.28. The molecule has 1 fully saturated rings. The fourth-order valence-corrected chi connectivity index (χ4v) is 2.40. The molecule has 17 heavy (non-hydrogen) atoms. The monoisotopic (exact) mass is 268 g/mol. The van der Waals surface area contributed by atoms with E-state index in [2.05, 4.69) is 10.1 Å². The van der Waals surface area contributed by atoms with Crippen molar-refractivity contribution in [2.24, 2.45) is 5.92 Å². The summed E-state index contributed by atoms with van der Waals surface area (Å²) < 4.78 is 43.4. The standard InChI is InChI=1S/C10H12ClF3N2O/c11-5-8-15-9(17-16-8)6-3-1-2-4-7(6)10(12,13)14/h6-7H,1-5H2. The lowest BCUT2D eigenvalue weighted by Crippen LogP contribution is -2.31. The quantitative estimate of drug-likeness (QED) is 0.769. The molecule has 0 radical (unpaired) electrons. The molecular weight excluding hydrogens is 257 g/mol. The van der Waals surface area contributed by atoms with Crippen LogP contribution in [0.5, 0.6) is 0 Å². The molecule has 3 nitrogen and oxygen atoms in total. The molecule has 0 bridgehead atoms. The summed E-state index contributed by atoms with van der Waals surface area (Å²) in [7, 11) is 0. The fraction of sp³-hybridized carbons (Fsp3) is 0.800. The summed E-state index contributed by atoms with van der Waals surface area (Å²) in [5.41, 5.74) is 0. The predicted octanol–water partition coefficient (Wildman–Crippen LogP) is 3.64. The Kier molecular flexibility index (Phi) is 3.61. The highest BCUT2D eigenvalue weighted by Gasteiger charge is 2.47. The lowest BCUT2D eigenvalue weighted by atomic mass is 9.78. The minimum absolute atomic E-state index is 0.0485. The number of halogens is 4. The first-order valence-corrected chi connectivity index (χ1v) is 6.01. The molecule has 0 aromatic carbocycles. The molecule has 7 heteroatoms. The lowest BCUT2D eigenvalue weighted by molar-refractivity contribution is -0.189. The topological polar surface area (TPSA) is 38.9 Å². The predicted molar refractivity (Wildman–Crippen MR) is 54.6 cm³/mol. The maximum absolute atomic E-state index is 12.8. The van der Waals surface area contributed by atoms with Crippen LogP contribution in [0.4, 0.5) is 13.2 Å². The number of nitrogens with zero attached hydrogens (tertiary/aromatic N) is 2. The highest BCUT2D eigenvalue weighted by molar-refractivity contribution is 6.16. The van der Waals surface area contributed by atoms with Crippen molar-refractivity contribution in [1.82, 2.24) is 10.1 Å². The Labute approximate surface area is 101 Å². The van der Waals surface area contributed by atoms with Gasteiger partial charge < -0.3 is 4.52 Å². The van der Waals surface area contributed by atoms with Crippen molar-refractivity contribution in [2.45, 2.75) is 43.7 Å². The zero-order valence-electron chi connectivity index (χ0n) is 9.00. The van der Waals surface area contributed by atoms with Crippen molar-refractivity contribution in [3.05, 3.63) is 11.7 Å². The van der Waals surface area contributed by atoms with Crippen molar-refractivity contribution in [2.75, 3.05) is 0 Å². The normalized spacial score (nSPS) is 26.1. The number of hydrogen-bond acceptors (Lipinski definition) is 3. The van der Waals surface area contributed by atoms with Crippen LogP contribution in [0.1, 0.15) is 43.3 Å². The molecule has 0 aliphatic heterocycles. The van der Waals surface area contributed by atoms with Crippen LogP contribution in [-0.2, 0) is 5.88 Å². The van der Waals surface area contributed by atoms with Crippen LogP contribution >= 0.6 is 11.6 Å². The summed E-state index contributed by atoms with van der Waals surface area (Å²) >= 11 is 5.50. The SMILES string of the molecule is FC(F)(F)C1CCCCC1c1nc(CCl)no1. The average Bonchev–Trinajstić information content (AvgIpc) is 2.76. The molecule has 2 unspecified atom stereocenters. The molecule has 0 N–H and O–H groups in total. The first-order valence-electron chi connectivity index (χ1n) is 5.47. The largest absolute Gasteiger partial charge is 0.392 e. The molecule has 0 saturated heterocycles. The molecule has 2 rings (SSSR count). The van der Waals surface area contributed by atoms with Crippen LogP contribution in [0.3, 0.4) is 0 Å². The van der Waals surface area contributed by atoms with Crippen LogP contribution in [-0.4, -0.2) is 16.3 Å². The van der Waals surface area contributed by atoms with E-state index in [1.54, 1.807) is 0 Å². The van der Waals surface area contributed by atoms with Gasteiger partial charge in [-0.05, 0) is 12.8 Å². The summed E-state index contributed by atoms with van der Waals surface area (Å²) in [5.74, 6) is -1.73. The van der Waals surface area contributed by atoms with E-state index < -0.39 is 18.0 Å². The minimum atomic E-state index is -4.21. The highest BCUT2D eigenvalue weighted by atomic mass is 35.5. The van der Waals surface area contributed by atoms with Crippen molar-refractivity contribution in [3.63, 3.8) is 0 Å². The number of hydrogen-bond donors (Lipinski definition) is 0. The molecule has 1 saturated carbocycles. The van der Waals surface area contributed by atoms with Crippen molar-refractivity contribution < 1.29 is 17.7 Å². The fourth-order valence-electron chi connectivity index (χ4n) is 2.29. The van der Waals surface area contributed by atoms with Gasteiger partial charge in [0.15, 0.2) is 5.82 Å². The number of aromatic nitrogens is 2. The molecule has 1 aromatic rings. The lowest BCUT2D eigenvalue weighted by Gasteiger charge is -2.30. The van der Waals surface area contributed by atoms with E-state index in [0.29, 0.717) is 12.8 Å². The molecule has 1 heterocycles. The van der Waals surface area contributed by atoms with Crippen molar-refractivity contribution in [3.8, 4) is 0 Å². The first-order chi connectivity index (χ1) is 8.02. The van der Waals surface area contributed by atoms with Crippen molar-refractivity contribution in [1.29, 1.82) is 0 Å². The summed E-state index contributed by atoms with van der Waals surface area (Å²) in [6, 6.07) is 0. The van der Waals surface area contributed by atoms with Crippen molar-refractivity contribution >= 4 is 11.6 Å². The van der Waals surface area contributed by atoms with Crippen LogP contribution in [0.2, 0.25) is 0 Å². The first kappa shape index (κ1) is 12.7. The molecule has 1 aliphatic carbocycles. The third kappa shape index (κ3) is 2.73. The van der Waals surface area contributed by atoms with E-state index >= 15 is 0 Å². The molecule has 2 atom stereocenters. The number of alkyl halides is 4. The summed E-state index contributed by atoms with van der Waals surface area (Å²) in [4.78, 5) is 3.91. The Bertz CT molecular complexity index is 380. The second-order valence-corrected chi connectivity index (χ2v) is 4.49. The van der Waals surface area contributed by atoms with E-state index in [-0.39, 0.29) is 24.0 Å². The van der Waals surface area contributed by atoms with Gasteiger partial charge >= 0.3 is 6.18 Å². The van der Waals surface area contributed by atoms with Crippen LogP contribution < -0.4 is 0 Å². The van der Waals surface area contributed by atoms with Crippen LogP contribution in [0.25, 0.3) is 0 Å². The zero-order chi connectivity index (χ0) is 12.5. The van der Waals surface area contributed by atoms with Crippen LogP contribution in [0, 0.1) is 5.92 Å². The third-order valence-electron chi connectivity index (χ3n) is 3.11. The summed E-state index contributed by atoms with van der Waals surface area (Å²) in [6.45, 7) is 0. The van der Waals surface area contributed by atoms with Gasteiger partial charge in [-0.1, -0.05) is 18.0 Å². The van der Waals surface area contributed by atoms with E-state index in [0.717, 1.165) is 6.42 Å². The third-order valence-corrected chi connectivity index (χ3v) is 3.35. The number of rotatable bonds is 2. The Morgan fingerprint density at radius 1 is 1.29 bits per heavy atom. The van der Waals surface area contributed by atoms with Gasteiger partial charge in [-0.15, -0.1) is 11.6 Å². The molecule has 1 aliphatic rings. The van der Waals surface area contributed by atoms with Crippen LogP contribution in [0.15, 0.2) is 4.52 Å². The maximum atomic E-state index is 12.8. The highest BCUT2D eigenvalue weighted by Crippen LogP contribution is 2.45. The van der Waals surface area contributed by atoms with Gasteiger partial charge in [0, 0.05) is 5.92 Å². The Morgan fingerprint density at radius 3 is 2.59 bits per heavy atom. The molecule has 0 spiro atoms. The zero-order valence-corrected chi connectivity index (χ0v) is 9.76. The molecule has 0 amide bonds. The maximum Gasteiger partial charge on any atom is 0.392 e. The van der Waals surface area contributed by atoms with E-state index in [1.165, 1.54) is 0 Å². The smallest absolute Gasteiger partial charge is 0.339 e. The minimum Gasteiger partial charge on any atom is -0.339 e. The van der Waals surface area contributed by atoms with Gasteiger partial charge in [-0.3, -0.25) is 0 Å². The van der Waals surface area contributed by atoms with Gasteiger partial charge in [-0.2, -0.15) is 18.2 Å². The van der Waals surface area contributed by atoms with E-state index in [4.69, 9.17) is 16.1 Å². The second-order valence-electron chi connectivity index (χ2n) is 4.22. The van der Waals surface area contributed by atoms with Gasteiger partial charge in [0.25, 0.3) is 0 Å². The Balaban J connectivity index is 2.21. The van der Waals surface area contributed by atoms with E-state index in [9.17, 15) is 13.2 Å². The average molecular weight is 269 g/mol. The second kappa shape index (κ2) is 4.84. The van der Waals surface area contributed by atoms with Gasteiger partial charge in [0.2, 0.25) is 5.89 Å².